The Morgan fingerprint density at radius 3 is 2.46 bits per heavy atom. The van der Waals surface area contributed by atoms with E-state index in [1.807, 2.05) is 37.3 Å². The molecule has 6 nitrogen and oxygen atoms in total. The first-order chi connectivity index (χ1) is 13.7. The maximum atomic E-state index is 12.6. The second-order valence-electron chi connectivity index (χ2n) is 6.86. The number of anilines is 2. The molecular formula is C22H27N3O3. The van der Waals surface area contributed by atoms with E-state index >= 15 is 0 Å². The molecule has 0 spiro atoms. The average molecular weight is 381 g/mol. The summed E-state index contributed by atoms with van der Waals surface area (Å²) in [6, 6.07) is 14.8. The molecule has 0 aliphatic heterocycles. The first-order valence-corrected chi connectivity index (χ1v) is 9.82. The highest BCUT2D eigenvalue weighted by Crippen LogP contribution is 2.20. The monoisotopic (exact) mass is 381 g/mol. The first-order valence-electron chi connectivity index (χ1n) is 9.82. The number of carbonyl (C=O) groups excluding carboxylic acids is 2. The van der Waals surface area contributed by atoms with Gasteiger partial charge < -0.3 is 20.7 Å². The molecule has 0 bridgehead atoms. The topological polar surface area (TPSA) is 79.5 Å². The van der Waals surface area contributed by atoms with Crippen LogP contribution in [-0.4, -0.2) is 31.0 Å². The van der Waals surface area contributed by atoms with E-state index in [4.69, 9.17) is 4.74 Å². The van der Waals surface area contributed by atoms with Crippen LogP contribution in [0.25, 0.3) is 0 Å². The predicted octanol–water partition coefficient (Wildman–Crippen LogP) is 3.81. The van der Waals surface area contributed by atoms with Crippen molar-refractivity contribution < 1.29 is 14.3 Å². The van der Waals surface area contributed by atoms with E-state index in [1.165, 1.54) is 0 Å². The van der Waals surface area contributed by atoms with Crippen LogP contribution in [-0.2, 0) is 4.79 Å². The van der Waals surface area contributed by atoms with Crippen LogP contribution >= 0.6 is 0 Å². The van der Waals surface area contributed by atoms with E-state index < -0.39 is 0 Å². The second kappa shape index (κ2) is 9.78. The summed E-state index contributed by atoms with van der Waals surface area (Å²) < 4.78 is 5.40. The number of amides is 2. The molecule has 0 heterocycles. The van der Waals surface area contributed by atoms with Gasteiger partial charge in [0.1, 0.15) is 5.75 Å². The first kappa shape index (κ1) is 19.7. The molecule has 3 N–H and O–H groups in total. The quantitative estimate of drug-likeness (QED) is 0.650. The van der Waals surface area contributed by atoms with E-state index in [2.05, 4.69) is 16.0 Å². The Morgan fingerprint density at radius 2 is 1.75 bits per heavy atom. The van der Waals surface area contributed by atoms with E-state index in [1.54, 1.807) is 18.2 Å². The van der Waals surface area contributed by atoms with Crippen molar-refractivity contribution in [1.82, 2.24) is 5.32 Å². The van der Waals surface area contributed by atoms with Gasteiger partial charge in [0.25, 0.3) is 5.91 Å². The van der Waals surface area contributed by atoms with Gasteiger partial charge in [0.2, 0.25) is 5.91 Å². The molecule has 6 heteroatoms. The van der Waals surface area contributed by atoms with Crippen LogP contribution in [0.5, 0.6) is 5.75 Å². The van der Waals surface area contributed by atoms with Crippen molar-refractivity contribution in [3.63, 3.8) is 0 Å². The molecule has 1 aliphatic rings. The molecule has 0 unspecified atom stereocenters. The van der Waals surface area contributed by atoms with E-state index in [-0.39, 0.29) is 24.4 Å². The molecule has 0 saturated heterocycles. The molecule has 0 aromatic heterocycles. The highest BCUT2D eigenvalue weighted by atomic mass is 16.5. The van der Waals surface area contributed by atoms with Crippen LogP contribution in [0.4, 0.5) is 11.4 Å². The van der Waals surface area contributed by atoms with Crippen LogP contribution in [0.15, 0.2) is 48.5 Å². The van der Waals surface area contributed by atoms with Crippen molar-refractivity contribution in [2.45, 2.75) is 38.6 Å². The normalized spacial score (nSPS) is 13.8. The SMILES string of the molecule is CCOc1ccc(NCC(=O)Nc2ccccc2C(=O)NC2CCCC2)cc1. The molecule has 2 aromatic carbocycles. The van der Waals surface area contributed by atoms with Crippen molar-refractivity contribution in [3.8, 4) is 5.75 Å². The van der Waals surface area contributed by atoms with Crippen molar-refractivity contribution in [1.29, 1.82) is 0 Å². The summed E-state index contributed by atoms with van der Waals surface area (Å²) in [6.45, 7) is 2.65. The fraction of sp³-hybridized carbons (Fsp3) is 0.364. The minimum Gasteiger partial charge on any atom is -0.494 e. The molecule has 28 heavy (non-hydrogen) atoms. The number of nitrogens with one attached hydrogen (secondary N) is 3. The summed E-state index contributed by atoms with van der Waals surface area (Å²) in [6.07, 6.45) is 4.35. The highest BCUT2D eigenvalue weighted by molar-refractivity contribution is 6.04. The Morgan fingerprint density at radius 1 is 1.04 bits per heavy atom. The summed E-state index contributed by atoms with van der Waals surface area (Å²) in [5, 5.41) is 8.97. The summed E-state index contributed by atoms with van der Waals surface area (Å²) in [5.41, 5.74) is 1.84. The third kappa shape index (κ3) is 5.49. The highest BCUT2D eigenvalue weighted by Gasteiger charge is 2.20. The Labute approximate surface area is 165 Å². The van der Waals surface area contributed by atoms with Gasteiger partial charge in [-0.25, -0.2) is 0 Å². The second-order valence-corrected chi connectivity index (χ2v) is 6.86. The molecule has 148 valence electrons. The van der Waals surface area contributed by atoms with E-state index in [0.717, 1.165) is 37.1 Å². The van der Waals surface area contributed by atoms with Crippen LogP contribution in [0.3, 0.4) is 0 Å². The molecule has 1 aliphatic carbocycles. The smallest absolute Gasteiger partial charge is 0.253 e. The Balaban J connectivity index is 1.55. The van der Waals surface area contributed by atoms with Gasteiger partial charge in [-0.05, 0) is 56.2 Å². The lowest BCUT2D eigenvalue weighted by molar-refractivity contribution is -0.114. The maximum Gasteiger partial charge on any atom is 0.253 e. The number of carbonyl (C=O) groups is 2. The Bertz CT molecular complexity index is 799. The maximum absolute atomic E-state index is 12.6. The molecule has 0 atom stereocenters. The van der Waals surface area contributed by atoms with Crippen molar-refractivity contribution in [2.24, 2.45) is 0 Å². The number of hydrogen-bond acceptors (Lipinski definition) is 4. The Kier molecular flexibility index (Phi) is 6.89. The number of benzene rings is 2. The van der Waals surface area contributed by atoms with Gasteiger partial charge in [-0.1, -0.05) is 25.0 Å². The fourth-order valence-corrected chi connectivity index (χ4v) is 3.34. The summed E-state index contributed by atoms with van der Waals surface area (Å²) in [7, 11) is 0. The van der Waals surface area contributed by atoms with Gasteiger partial charge in [0, 0.05) is 11.7 Å². The summed E-state index contributed by atoms with van der Waals surface area (Å²) in [5.74, 6) is 0.442. The Hall–Kier alpha value is -3.02. The lowest BCUT2D eigenvalue weighted by atomic mass is 10.1. The molecule has 2 amide bonds. The largest absolute Gasteiger partial charge is 0.494 e. The van der Waals surface area contributed by atoms with Gasteiger partial charge in [-0.2, -0.15) is 0 Å². The van der Waals surface area contributed by atoms with Gasteiger partial charge in [0.05, 0.1) is 24.4 Å². The third-order valence-electron chi connectivity index (χ3n) is 4.75. The predicted molar refractivity (Wildman–Crippen MR) is 111 cm³/mol. The third-order valence-corrected chi connectivity index (χ3v) is 4.75. The molecule has 1 fully saturated rings. The van der Waals surface area contributed by atoms with Crippen LogP contribution in [0, 0.1) is 0 Å². The summed E-state index contributed by atoms with van der Waals surface area (Å²) in [4.78, 5) is 24.9. The van der Waals surface area contributed by atoms with Crippen LogP contribution in [0.2, 0.25) is 0 Å². The minimum atomic E-state index is -0.213. The average Bonchev–Trinajstić information content (AvgIpc) is 3.21. The zero-order chi connectivity index (χ0) is 19.8. The van der Waals surface area contributed by atoms with Crippen molar-refractivity contribution >= 4 is 23.2 Å². The van der Waals surface area contributed by atoms with Crippen LogP contribution < -0.4 is 20.7 Å². The summed E-state index contributed by atoms with van der Waals surface area (Å²) >= 11 is 0. The van der Waals surface area contributed by atoms with Gasteiger partial charge in [0.15, 0.2) is 0 Å². The van der Waals surface area contributed by atoms with Crippen molar-refractivity contribution in [3.05, 3.63) is 54.1 Å². The van der Waals surface area contributed by atoms with Crippen LogP contribution in [0.1, 0.15) is 43.0 Å². The standard InChI is InChI=1S/C22H27N3O3/c1-2-28-18-13-11-16(12-14-18)23-15-21(26)25-20-10-6-5-9-19(20)22(27)24-17-7-3-4-8-17/h5-6,9-14,17,23H,2-4,7-8,15H2,1H3,(H,24,27)(H,25,26). The zero-order valence-electron chi connectivity index (χ0n) is 16.2. The van der Waals surface area contributed by atoms with E-state index in [0.29, 0.717) is 17.9 Å². The van der Waals surface area contributed by atoms with Crippen molar-refractivity contribution in [2.75, 3.05) is 23.8 Å². The number of hydrogen-bond donors (Lipinski definition) is 3. The van der Waals surface area contributed by atoms with Gasteiger partial charge in [-0.3, -0.25) is 9.59 Å². The van der Waals surface area contributed by atoms with E-state index in [9.17, 15) is 9.59 Å². The molecule has 1 saturated carbocycles. The lowest BCUT2D eigenvalue weighted by Gasteiger charge is -2.15. The molecular weight excluding hydrogens is 354 g/mol. The molecule has 0 radical (unpaired) electrons. The molecule has 2 aromatic rings. The number of ether oxygens (including phenoxy) is 1. The van der Waals surface area contributed by atoms with Gasteiger partial charge >= 0.3 is 0 Å². The lowest BCUT2D eigenvalue weighted by Crippen LogP contribution is -2.33. The number of para-hydroxylation sites is 1. The fourth-order valence-electron chi connectivity index (χ4n) is 3.34. The molecule has 3 rings (SSSR count). The minimum absolute atomic E-state index is 0.104. The zero-order valence-corrected chi connectivity index (χ0v) is 16.2. The number of rotatable bonds is 8. The van der Waals surface area contributed by atoms with Gasteiger partial charge in [-0.15, -0.1) is 0 Å².